The van der Waals surface area contributed by atoms with Crippen molar-refractivity contribution >= 4 is 0 Å². The summed E-state index contributed by atoms with van der Waals surface area (Å²) in [5, 5.41) is 3.35. The van der Waals surface area contributed by atoms with Crippen LogP contribution in [0.5, 0.6) is 5.75 Å². The zero-order chi connectivity index (χ0) is 13.1. The van der Waals surface area contributed by atoms with Crippen LogP contribution in [0.25, 0.3) is 0 Å². The van der Waals surface area contributed by atoms with Crippen molar-refractivity contribution in [2.24, 2.45) is 11.1 Å². The number of hydrogen-bond acceptors (Lipinski definition) is 3. The van der Waals surface area contributed by atoms with Gasteiger partial charge in [-0.25, -0.2) is 0 Å². The summed E-state index contributed by atoms with van der Waals surface area (Å²) in [5.41, 5.74) is 8.28. The Balaban J connectivity index is 3.09. The Morgan fingerprint density at radius 2 is 2.06 bits per heavy atom. The van der Waals surface area contributed by atoms with Gasteiger partial charge in [0.2, 0.25) is 0 Å². The molecule has 0 aliphatic rings. The first kappa shape index (κ1) is 14.0. The number of aryl methyl sites for hydroxylation is 1. The molecule has 0 saturated carbocycles. The summed E-state index contributed by atoms with van der Waals surface area (Å²) in [6, 6.07) is 6.53. The highest BCUT2D eigenvalue weighted by Gasteiger charge is 2.28. The van der Waals surface area contributed by atoms with Gasteiger partial charge in [-0.1, -0.05) is 26.0 Å². The quantitative estimate of drug-likeness (QED) is 0.824. The Hall–Kier alpha value is -1.06. The maximum atomic E-state index is 5.85. The molecule has 0 amide bonds. The van der Waals surface area contributed by atoms with Crippen LogP contribution in [0, 0.1) is 12.3 Å². The summed E-state index contributed by atoms with van der Waals surface area (Å²) in [5.74, 6) is 0.925. The van der Waals surface area contributed by atoms with Crippen LogP contribution < -0.4 is 15.8 Å². The number of rotatable bonds is 5. The molecule has 1 unspecified atom stereocenters. The molecule has 0 radical (unpaired) electrons. The molecule has 0 heterocycles. The van der Waals surface area contributed by atoms with Crippen molar-refractivity contribution in [2.45, 2.75) is 26.8 Å². The number of hydrogen-bond donors (Lipinski definition) is 2. The third-order valence-electron chi connectivity index (χ3n) is 3.35. The van der Waals surface area contributed by atoms with Crippen LogP contribution in [-0.2, 0) is 0 Å². The summed E-state index contributed by atoms with van der Waals surface area (Å²) < 4.78 is 5.28. The predicted molar refractivity (Wildman–Crippen MR) is 72.4 cm³/mol. The third-order valence-corrected chi connectivity index (χ3v) is 3.35. The van der Waals surface area contributed by atoms with E-state index >= 15 is 0 Å². The van der Waals surface area contributed by atoms with Gasteiger partial charge in [-0.2, -0.15) is 0 Å². The molecule has 0 aliphatic heterocycles. The van der Waals surface area contributed by atoms with Crippen LogP contribution in [0.2, 0.25) is 0 Å². The summed E-state index contributed by atoms with van der Waals surface area (Å²) in [7, 11) is 3.67. The largest absolute Gasteiger partial charge is 0.496 e. The number of ether oxygens (including phenoxy) is 1. The summed E-state index contributed by atoms with van der Waals surface area (Å²) in [6.45, 7) is 7.05. The van der Waals surface area contributed by atoms with Crippen molar-refractivity contribution in [3.05, 3.63) is 29.3 Å². The van der Waals surface area contributed by atoms with Gasteiger partial charge in [0.1, 0.15) is 5.75 Å². The lowest BCUT2D eigenvalue weighted by atomic mass is 9.80. The van der Waals surface area contributed by atoms with E-state index < -0.39 is 0 Å². The van der Waals surface area contributed by atoms with Crippen molar-refractivity contribution in [3.8, 4) is 5.75 Å². The lowest BCUT2D eigenvalue weighted by Crippen LogP contribution is -2.37. The molecule has 1 rings (SSSR count). The normalized spacial score (nSPS) is 13.5. The fourth-order valence-corrected chi connectivity index (χ4v) is 2.21. The lowest BCUT2D eigenvalue weighted by Gasteiger charge is -2.33. The Bertz CT molecular complexity index is 374. The van der Waals surface area contributed by atoms with Crippen LogP contribution in [-0.4, -0.2) is 20.7 Å². The summed E-state index contributed by atoms with van der Waals surface area (Å²) in [4.78, 5) is 0. The molecule has 17 heavy (non-hydrogen) atoms. The Kier molecular flexibility index (Phi) is 4.54. The topological polar surface area (TPSA) is 47.3 Å². The molecule has 3 heteroatoms. The molecule has 0 aliphatic carbocycles. The van der Waals surface area contributed by atoms with E-state index in [1.807, 2.05) is 13.1 Å². The Morgan fingerprint density at radius 1 is 1.41 bits per heavy atom. The Labute approximate surface area is 104 Å². The molecule has 96 valence electrons. The van der Waals surface area contributed by atoms with Crippen LogP contribution in [0.4, 0.5) is 0 Å². The average molecular weight is 236 g/mol. The number of methoxy groups -OCH3 is 1. The number of benzene rings is 1. The molecule has 1 atom stereocenters. The molecule has 0 saturated heterocycles. The highest BCUT2D eigenvalue weighted by molar-refractivity contribution is 5.38. The van der Waals surface area contributed by atoms with Crippen molar-refractivity contribution in [1.29, 1.82) is 0 Å². The van der Waals surface area contributed by atoms with Crippen LogP contribution >= 0.6 is 0 Å². The molecule has 0 bridgehead atoms. The minimum absolute atomic E-state index is 0.0236. The number of nitrogens with one attached hydrogen (secondary N) is 1. The van der Waals surface area contributed by atoms with Gasteiger partial charge in [0.25, 0.3) is 0 Å². The minimum Gasteiger partial charge on any atom is -0.496 e. The van der Waals surface area contributed by atoms with Crippen LogP contribution in [0.3, 0.4) is 0 Å². The molecule has 3 nitrogen and oxygen atoms in total. The first-order chi connectivity index (χ1) is 7.96. The molecular formula is C14H24N2O. The Morgan fingerprint density at radius 3 is 2.47 bits per heavy atom. The van der Waals surface area contributed by atoms with Gasteiger partial charge in [0.15, 0.2) is 0 Å². The molecule has 0 spiro atoms. The van der Waals surface area contributed by atoms with E-state index in [9.17, 15) is 0 Å². The van der Waals surface area contributed by atoms with Crippen LogP contribution in [0.1, 0.15) is 31.0 Å². The lowest BCUT2D eigenvalue weighted by molar-refractivity contribution is 0.265. The monoisotopic (exact) mass is 236 g/mol. The summed E-state index contributed by atoms with van der Waals surface area (Å²) >= 11 is 0. The van der Waals surface area contributed by atoms with Crippen molar-refractivity contribution in [1.82, 2.24) is 5.32 Å². The van der Waals surface area contributed by atoms with E-state index in [0.29, 0.717) is 6.54 Å². The zero-order valence-electron chi connectivity index (χ0n) is 11.5. The van der Waals surface area contributed by atoms with Gasteiger partial charge in [0.05, 0.1) is 7.11 Å². The fraction of sp³-hybridized carbons (Fsp3) is 0.571. The second-order valence-electron chi connectivity index (χ2n) is 5.14. The number of nitrogens with two attached hydrogens (primary N) is 1. The SMILES string of the molecule is CNC(c1ccc(OC)c(C)c1)C(C)(C)CN. The highest BCUT2D eigenvalue weighted by atomic mass is 16.5. The van der Waals surface area contributed by atoms with Gasteiger partial charge < -0.3 is 15.8 Å². The molecule has 0 fully saturated rings. The van der Waals surface area contributed by atoms with Gasteiger partial charge in [0, 0.05) is 6.04 Å². The van der Waals surface area contributed by atoms with Gasteiger partial charge in [-0.15, -0.1) is 0 Å². The van der Waals surface area contributed by atoms with Crippen molar-refractivity contribution in [3.63, 3.8) is 0 Å². The van der Waals surface area contributed by atoms with E-state index in [2.05, 4.69) is 38.2 Å². The smallest absolute Gasteiger partial charge is 0.121 e. The molecular weight excluding hydrogens is 212 g/mol. The first-order valence-electron chi connectivity index (χ1n) is 5.98. The second-order valence-corrected chi connectivity index (χ2v) is 5.14. The minimum atomic E-state index is 0.0236. The van der Waals surface area contributed by atoms with E-state index in [1.54, 1.807) is 7.11 Å². The van der Waals surface area contributed by atoms with E-state index in [4.69, 9.17) is 10.5 Å². The first-order valence-corrected chi connectivity index (χ1v) is 5.98. The van der Waals surface area contributed by atoms with E-state index in [-0.39, 0.29) is 11.5 Å². The van der Waals surface area contributed by atoms with Crippen molar-refractivity contribution in [2.75, 3.05) is 20.7 Å². The zero-order valence-corrected chi connectivity index (χ0v) is 11.5. The molecule has 1 aromatic carbocycles. The maximum absolute atomic E-state index is 5.85. The standard InChI is InChI=1S/C14H24N2O/c1-10-8-11(6-7-12(10)17-5)13(16-4)14(2,3)9-15/h6-8,13,16H,9,15H2,1-5H3. The predicted octanol–water partition coefficient (Wildman–Crippen LogP) is 2.25. The second kappa shape index (κ2) is 5.52. The average Bonchev–Trinajstić information content (AvgIpc) is 2.30. The van der Waals surface area contributed by atoms with Gasteiger partial charge in [-0.3, -0.25) is 0 Å². The van der Waals surface area contributed by atoms with Crippen molar-refractivity contribution < 1.29 is 4.74 Å². The van der Waals surface area contributed by atoms with E-state index in [0.717, 1.165) is 11.3 Å². The summed E-state index contributed by atoms with van der Waals surface area (Å²) in [6.07, 6.45) is 0. The van der Waals surface area contributed by atoms with Crippen LogP contribution in [0.15, 0.2) is 18.2 Å². The fourth-order valence-electron chi connectivity index (χ4n) is 2.21. The molecule has 1 aromatic rings. The van der Waals surface area contributed by atoms with Gasteiger partial charge in [-0.05, 0) is 43.1 Å². The third kappa shape index (κ3) is 2.99. The highest BCUT2D eigenvalue weighted by Crippen LogP contribution is 2.33. The molecule has 3 N–H and O–H groups in total. The van der Waals surface area contributed by atoms with Gasteiger partial charge >= 0.3 is 0 Å². The van der Waals surface area contributed by atoms with E-state index in [1.165, 1.54) is 5.56 Å². The maximum Gasteiger partial charge on any atom is 0.121 e. The molecule has 0 aromatic heterocycles.